The molecule has 3 atom stereocenters. The number of hydrogen-bond acceptors (Lipinski definition) is 9. The van der Waals surface area contributed by atoms with E-state index in [4.69, 9.17) is 13.9 Å². The van der Waals surface area contributed by atoms with Crippen LogP contribution in [0.1, 0.15) is 87.6 Å². The second-order valence-corrected chi connectivity index (χ2v) is 22.6. The summed E-state index contributed by atoms with van der Waals surface area (Å²) in [5.41, 5.74) is 9.46. The molecule has 0 saturated carbocycles. The summed E-state index contributed by atoms with van der Waals surface area (Å²) < 4.78 is 21.2. The maximum absolute atomic E-state index is 13.7. The molecule has 1 saturated heterocycles. The second-order valence-electron chi connectivity index (χ2n) is 16.3. The van der Waals surface area contributed by atoms with Gasteiger partial charge < -0.3 is 28.9 Å². The molecule has 1 amide bonds. The first-order chi connectivity index (χ1) is 24.8. The van der Waals surface area contributed by atoms with Crippen LogP contribution in [0.15, 0.2) is 47.1 Å². The van der Waals surface area contributed by atoms with E-state index < -0.39 is 44.0 Å². The molecule has 53 heavy (non-hydrogen) atoms. The lowest BCUT2D eigenvalue weighted by atomic mass is 9.98. The van der Waals surface area contributed by atoms with Gasteiger partial charge in [-0.3, -0.25) is 5.43 Å². The van der Waals surface area contributed by atoms with Gasteiger partial charge in [0, 0.05) is 47.7 Å². The van der Waals surface area contributed by atoms with E-state index in [1.165, 1.54) is 0 Å². The maximum Gasteiger partial charge on any atom is 0.408 e. The molecule has 4 N–H and O–H groups in total. The number of hydrogen-bond donors (Lipinski definition) is 4. The minimum atomic E-state index is -2.42. The van der Waals surface area contributed by atoms with Crippen molar-refractivity contribution in [1.82, 2.24) is 20.7 Å². The van der Waals surface area contributed by atoms with Gasteiger partial charge in [-0.25, -0.2) is 19.8 Å². The first-order valence-electron chi connectivity index (χ1n) is 18.8. The van der Waals surface area contributed by atoms with Crippen molar-refractivity contribution in [2.24, 2.45) is 5.92 Å². The molecule has 0 radical (unpaired) electrons. The van der Waals surface area contributed by atoms with E-state index in [2.05, 4.69) is 102 Å². The maximum atomic E-state index is 13.7. The lowest BCUT2D eigenvalue weighted by molar-refractivity contribution is -0.163. The summed E-state index contributed by atoms with van der Waals surface area (Å²) in [6, 6.07) is 10.3. The number of carbonyl (C=O) groups is 3. The Labute approximate surface area is 324 Å². The number of aliphatic hydroxyl groups excluding tert-OH is 1. The van der Waals surface area contributed by atoms with Crippen molar-refractivity contribution in [1.29, 1.82) is 0 Å². The molecule has 2 aromatic carbocycles. The fourth-order valence-electron chi connectivity index (χ4n) is 7.49. The van der Waals surface area contributed by atoms with Crippen molar-refractivity contribution < 1.29 is 33.4 Å². The van der Waals surface area contributed by atoms with E-state index in [1.54, 1.807) is 20.8 Å². The van der Waals surface area contributed by atoms with Crippen LogP contribution in [0.25, 0.3) is 22.0 Å². The number of carbonyl (C=O) groups excluding carboxylic acids is 3. The van der Waals surface area contributed by atoms with Crippen LogP contribution in [0.5, 0.6) is 5.75 Å². The molecule has 0 spiro atoms. The summed E-state index contributed by atoms with van der Waals surface area (Å²) in [6.45, 7) is 22.0. The number of ether oxygens (including phenoxy) is 2. The first-order valence-corrected chi connectivity index (χ1v) is 21.7. The zero-order valence-corrected chi connectivity index (χ0v) is 35.6. The van der Waals surface area contributed by atoms with Gasteiger partial charge in [0.05, 0.1) is 0 Å². The Bertz CT molecular complexity index is 1720. The molecule has 4 rings (SSSR count). The number of aromatic nitrogens is 1. The molecule has 3 aromatic rings. The fraction of sp³-hybridized carbons (Fsp3) is 0.575. The third-order valence-electron chi connectivity index (χ3n) is 9.93. The van der Waals surface area contributed by atoms with Gasteiger partial charge in [-0.15, -0.1) is 0 Å². The average Bonchev–Trinajstić information content (AvgIpc) is 3.39. The van der Waals surface area contributed by atoms with Crippen LogP contribution in [-0.2, 0) is 32.0 Å². The van der Waals surface area contributed by atoms with Gasteiger partial charge in [0.15, 0.2) is 0 Å². The SMILES string of the molecule is CC(C)[Si](Oc1cc(C[C@H](NC(=O)OC(C)(C)C)C(=O)OC(=O)C2CCCNN2)cc(-c2ccc3c(Br)cn(C[C@H](C)CO)c3c2)c1)(C(C)C)C(C)C. The Morgan fingerprint density at radius 3 is 2.26 bits per heavy atom. The topological polar surface area (TPSA) is 140 Å². The molecular weight excluding hydrogens is 756 g/mol. The van der Waals surface area contributed by atoms with Crippen molar-refractivity contribution >= 4 is 53.2 Å². The molecule has 1 fully saturated rings. The van der Waals surface area contributed by atoms with Crippen molar-refractivity contribution in [2.45, 2.75) is 129 Å². The number of amides is 1. The third-order valence-corrected chi connectivity index (χ3v) is 16.6. The van der Waals surface area contributed by atoms with Crippen molar-refractivity contribution in [3.05, 3.63) is 52.6 Å². The molecule has 0 bridgehead atoms. The van der Waals surface area contributed by atoms with Crippen LogP contribution >= 0.6 is 15.9 Å². The number of nitrogens with one attached hydrogen (secondary N) is 3. The largest absolute Gasteiger partial charge is 0.543 e. The van der Waals surface area contributed by atoms with E-state index in [9.17, 15) is 19.5 Å². The summed E-state index contributed by atoms with van der Waals surface area (Å²) in [5, 5.41) is 13.5. The van der Waals surface area contributed by atoms with Gasteiger partial charge >= 0.3 is 18.0 Å². The number of esters is 2. The summed E-state index contributed by atoms with van der Waals surface area (Å²) in [7, 11) is -2.42. The van der Waals surface area contributed by atoms with Crippen molar-refractivity contribution in [3.63, 3.8) is 0 Å². The van der Waals surface area contributed by atoms with Gasteiger partial charge in [-0.05, 0) is 107 Å². The van der Waals surface area contributed by atoms with E-state index in [-0.39, 0.29) is 18.9 Å². The first kappa shape index (κ1) is 42.5. The molecular formula is C40H59BrN4O7Si. The molecule has 1 unspecified atom stereocenters. The smallest absolute Gasteiger partial charge is 0.408 e. The van der Waals surface area contributed by atoms with Crippen molar-refractivity contribution in [3.8, 4) is 16.9 Å². The van der Waals surface area contributed by atoms with Crippen LogP contribution in [0.4, 0.5) is 4.79 Å². The van der Waals surface area contributed by atoms with Gasteiger partial charge in [0.25, 0.3) is 8.32 Å². The van der Waals surface area contributed by atoms with Crippen LogP contribution in [0, 0.1) is 5.92 Å². The van der Waals surface area contributed by atoms with Crippen LogP contribution < -0.4 is 20.6 Å². The lowest BCUT2D eigenvalue weighted by Crippen LogP contribution is -2.52. The van der Waals surface area contributed by atoms with Gasteiger partial charge in [0.1, 0.15) is 23.4 Å². The number of alkyl carbamates (subject to hydrolysis) is 1. The molecule has 1 aliphatic heterocycles. The molecule has 2 heterocycles. The predicted molar refractivity (Wildman–Crippen MR) is 215 cm³/mol. The van der Waals surface area contributed by atoms with Gasteiger partial charge in [0.2, 0.25) is 0 Å². The van der Waals surface area contributed by atoms with E-state index >= 15 is 0 Å². The average molecular weight is 816 g/mol. The quantitative estimate of drug-likeness (QED) is 0.0724. The monoisotopic (exact) mass is 814 g/mol. The molecule has 0 aliphatic carbocycles. The highest BCUT2D eigenvalue weighted by molar-refractivity contribution is 9.10. The molecule has 11 nitrogen and oxygen atoms in total. The number of rotatable bonds is 14. The number of hydrazine groups is 1. The Kier molecular flexibility index (Phi) is 14.4. The highest BCUT2D eigenvalue weighted by atomic mass is 79.9. The van der Waals surface area contributed by atoms with Crippen molar-refractivity contribution in [2.75, 3.05) is 13.2 Å². The van der Waals surface area contributed by atoms with Crippen LogP contribution in [-0.4, -0.2) is 66.9 Å². The highest BCUT2D eigenvalue weighted by Crippen LogP contribution is 2.44. The highest BCUT2D eigenvalue weighted by Gasteiger charge is 2.47. The van der Waals surface area contributed by atoms with Crippen LogP contribution in [0.3, 0.4) is 0 Å². The number of benzene rings is 2. The van der Waals surface area contributed by atoms with Gasteiger partial charge in [-0.1, -0.05) is 66.7 Å². The summed E-state index contributed by atoms with van der Waals surface area (Å²) in [5.74, 6) is -0.838. The molecule has 13 heteroatoms. The standard InChI is InChI=1S/C40H59BrN4O7Si/c1-24(2)53(25(3)4,26(5)6)52-31-17-28(16-30(19-31)29-13-14-32-33(41)22-45(36(32)20-29)21-27(7)23-46)18-35(43-39(49)51-40(8,9)10)38(48)50-37(47)34-12-11-15-42-44-34/h13-14,16-17,19-20,22,24-27,34-35,42,44,46H,11-12,15,18,21,23H2,1-10H3,(H,43,49)/t27-,34?,35-/m0/s1. The Morgan fingerprint density at radius 2 is 1.68 bits per heavy atom. The number of aliphatic hydroxyl groups is 1. The molecule has 1 aliphatic rings. The second kappa shape index (κ2) is 17.9. The lowest BCUT2D eigenvalue weighted by Gasteiger charge is -2.42. The Hall–Kier alpha value is -3.23. The van der Waals surface area contributed by atoms with E-state index in [0.29, 0.717) is 47.4 Å². The fourth-order valence-corrected chi connectivity index (χ4v) is 13.3. The van der Waals surface area contributed by atoms with Gasteiger partial charge in [-0.2, -0.15) is 0 Å². The van der Waals surface area contributed by atoms with E-state index in [0.717, 1.165) is 32.9 Å². The summed E-state index contributed by atoms with van der Waals surface area (Å²) in [6.07, 6.45) is 2.53. The van der Waals surface area contributed by atoms with Crippen LogP contribution in [0.2, 0.25) is 16.6 Å². The third kappa shape index (κ3) is 10.7. The number of nitrogens with zero attached hydrogens (tertiary/aromatic N) is 1. The summed E-state index contributed by atoms with van der Waals surface area (Å²) >= 11 is 3.71. The zero-order chi connectivity index (χ0) is 39.2. The zero-order valence-electron chi connectivity index (χ0n) is 33.0. The Balaban J connectivity index is 1.82. The normalized spacial score (nSPS) is 16.5. The number of fused-ring (bicyclic) bond motifs is 1. The molecule has 292 valence electrons. The minimum Gasteiger partial charge on any atom is -0.543 e. The number of halogens is 1. The minimum absolute atomic E-state index is 0.0175. The molecule has 1 aromatic heterocycles. The Morgan fingerprint density at radius 1 is 1.00 bits per heavy atom. The van der Waals surface area contributed by atoms with E-state index in [1.807, 2.05) is 25.3 Å². The predicted octanol–water partition coefficient (Wildman–Crippen LogP) is 8.02. The summed E-state index contributed by atoms with van der Waals surface area (Å²) in [4.78, 5) is 39.8.